The van der Waals surface area contributed by atoms with Gasteiger partial charge in [0.15, 0.2) is 5.82 Å². The molecule has 0 bridgehead atoms. The highest BCUT2D eigenvalue weighted by molar-refractivity contribution is 7.92. The first kappa shape index (κ1) is 21.8. The van der Waals surface area contributed by atoms with Crippen LogP contribution < -0.4 is 20.7 Å². The number of nitrogens with one attached hydrogen (secondary N) is 2. The van der Waals surface area contributed by atoms with Crippen LogP contribution in [0.3, 0.4) is 0 Å². The van der Waals surface area contributed by atoms with Crippen LogP contribution in [-0.2, 0) is 10.0 Å². The molecule has 1 aliphatic rings. The summed E-state index contributed by atoms with van der Waals surface area (Å²) in [4.78, 5) is 5.15. The van der Waals surface area contributed by atoms with Gasteiger partial charge in [-0.1, -0.05) is 11.6 Å². The number of thiazole rings is 1. The molecule has 0 spiro atoms. The van der Waals surface area contributed by atoms with Crippen molar-refractivity contribution in [3.8, 4) is 0 Å². The Labute approximate surface area is 186 Å². The summed E-state index contributed by atoms with van der Waals surface area (Å²) in [5.74, 6) is -1.34. The third kappa shape index (κ3) is 4.74. The maximum atomic E-state index is 14.8. The summed E-state index contributed by atoms with van der Waals surface area (Å²) >= 11 is 7.46. The Morgan fingerprint density at radius 2 is 2.03 bits per heavy atom. The van der Waals surface area contributed by atoms with Gasteiger partial charge in [0.05, 0.1) is 27.6 Å². The van der Waals surface area contributed by atoms with Gasteiger partial charge in [0.1, 0.15) is 16.5 Å². The largest absolute Gasteiger partial charge is 0.368 e. The van der Waals surface area contributed by atoms with Crippen LogP contribution in [0.5, 0.6) is 0 Å². The van der Waals surface area contributed by atoms with Gasteiger partial charge >= 0.3 is 0 Å². The van der Waals surface area contributed by atoms with E-state index in [-0.39, 0.29) is 22.6 Å². The molecule has 1 aliphatic heterocycles. The molecule has 0 amide bonds. The fraction of sp³-hybridized carbons (Fsp3) is 0.211. The highest BCUT2D eigenvalue weighted by atomic mass is 35.5. The van der Waals surface area contributed by atoms with Gasteiger partial charge in [0, 0.05) is 30.6 Å². The molecule has 4 rings (SSSR count). The maximum Gasteiger partial charge on any atom is 0.266 e. The zero-order valence-corrected chi connectivity index (χ0v) is 18.4. The number of nitrogens with two attached hydrogens (primary N) is 1. The molecule has 164 valence electrons. The molecule has 2 heterocycles. The van der Waals surface area contributed by atoms with E-state index in [2.05, 4.69) is 15.0 Å². The third-order valence-corrected chi connectivity index (χ3v) is 7.05. The summed E-state index contributed by atoms with van der Waals surface area (Å²) in [6.45, 7) is 1.21. The number of rotatable bonds is 6. The Hall–Kier alpha value is -2.47. The normalized spacial score (nSPS) is 16.5. The zero-order chi connectivity index (χ0) is 22.2. The molecular formula is C19H18ClF2N5O2S2. The summed E-state index contributed by atoms with van der Waals surface area (Å²) in [7, 11) is -4.22. The molecule has 0 radical (unpaired) electrons. The Morgan fingerprint density at radius 1 is 1.23 bits per heavy atom. The van der Waals surface area contributed by atoms with E-state index >= 15 is 0 Å². The second-order valence-electron chi connectivity index (χ2n) is 7.02. The quantitative estimate of drug-likeness (QED) is 0.485. The van der Waals surface area contributed by atoms with Crippen LogP contribution >= 0.6 is 22.9 Å². The van der Waals surface area contributed by atoms with Gasteiger partial charge in [0.2, 0.25) is 0 Å². The molecule has 1 aromatic heterocycles. The molecular weight excluding hydrogens is 468 g/mol. The summed E-state index contributed by atoms with van der Waals surface area (Å²) in [6.07, 6.45) is 0.768. The lowest BCUT2D eigenvalue weighted by atomic mass is 10.2. The highest BCUT2D eigenvalue weighted by Crippen LogP contribution is 2.36. The van der Waals surface area contributed by atoms with E-state index in [1.54, 1.807) is 0 Å². The molecule has 1 unspecified atom stereocenters. The molecule has 0 aliphatic carbocycles. The minimum atomic E-state index is -4.22. The summed E-state index contributed by atoms with van der Waals surface area (Å²) < 4.78 is 55.8. The van der Waals surface area contributed by atoms with Crippen LogP contribution in [0.15, 0.2) is 46.1 Å². The van der Waals surface area contributed by atoms with Crippen molar-refractivity contribution in [1.29, 1.82) is 0 Å². The number of hydrogen-bond donors (Lipinski definition) is 3. The monoisotopic (exact) mass is 485 g/mol. The molecule has 7 nitrogen and oxygen atoms in total. The van der Waals surface area contributed by atoms with Crippen molar-refractivity contribution in [3.63, 3.8) is 0 Å². The van der Waals surface area contributed by atoms with Crippen molar-refractivity contribution < 1.29 is 17.2 Å². The third-order valence-electron chi connectivity index (χ3n) is 4.78. The van der Waals surface area contributed by atoms with Crippen LogP contribution in [0.25, 0.3) is 0 Å². The molecule has 1 saturated heterocycles. The lowest BCUT2D eigenvalue weighted by molar-refractivity contribution is 0.570. The summed E-state index contributed by atoms with van der Waals surface area (Å²) in [5, 5.41) is 4.44. The van der Waals surface area contributed by atoms with E-state index in [9.17, 15) is 17.2 Å². The predicted octanol–water partition coefficient (Wildman–Crippen LogP) is 4.16. The lowest BCUT2D eigenvalue weighted by Crippen LogP contribution is -2.26. The summed E-state index contributed by atoms with van der Waals surface area (Å²) in [5.41, 5.74) is 8.60. The smallest absolute Gasteiger partial charge is 0.266 e. The van der Waals surface area contributed by atoms with Crippen molar-refractivity contribution in [3.05, 3.63) is 57.9 Å². The van der Waals surface area contributed by atoms with Crippen molar-refractivity contribution >= 4 is 55.8 Å². The first-order chi connectivity index (χ1) is 14.7. The van der Waals surface area contributed by atoms with E-state index < -0.39 is 26.6 Å². The highest BCUT2D eigenvalue weighted by Gasteiger charge is 2.24. The number of nitrogens with zero attached hydrogens (tertiary/aromatic N) is 2. The topological polar surface area (TPSA) is 100 Å². The van der Waals surface area contributed by atoms with Crippen LogP contribution in [0.1, 0.15) is 6.42 Å². The van der Waals surface area contributed by atoms with Gasteiger partial charge in [-0.05, 0) is 30.7 Å². The van der Waals surface area contributed by atoms with E-state index in [1.165, 1.54) is 40.4 Å². The Kier molecular flexibility index (Phi) is 6.02. The average Bonchev–Trinajstić information content (AvgIpc) is 3.37. The maximum absolute atomic E-state index is 14.8. The lowest BCUT2D eigenvalue weighted by Gasteiger charge is -2.23. The number of halogens is 3. The Morgan fingerprint density at radius 3 is 2.71 bits per heavy atom. The molecule has 31 heavy (non-hydrogen) atoms. The van der Waals surface area contributed by atoms with Crippen LogP contribution in [-0.4, -0.2) is 32.5 Å². The number of sulfonamides is 1. The van der Waals surface area contributed by atoms with Crippen molar-refractivity contribution in [2.24, 2.45) is 5.73 Å². The van der Waals surface area contributed by atoms with Crippen LogP contribution in [0.2, 0.25) is 5.02 Å². The molecule has 2 aromatic carbocycles. The first-order valence-corrected chi connectivity index (χ1v) is 12.0. The summed E-state index contributed by atoms with van der Waals surface area (Å²) in [6, 6.07) is 6.12. The van der Waals surface area contributed by atoms with Gasteiger partial charge < -0.3 is 16.0 Å². The van der Waals surface area contributed by atoms with E-state index in [0.717, 1.165) is 18.6 Å². The van der Waals surface area contributed by atoms with Crippen molar-refractivity contribution in [1.82, 2.24) is 4.98 Å². The molecule has 1 fully saturated rings. The Balaban J connectivity index is 1.64. The second kappa shape index (κ2) is 8.58. The van der Waals surface area contributed by atoms with Gasteiger partial charge in [0.25, 0.3) is 10.0 Å². The number of anilines is 4. The minimum Gasteiger partial charge on any atom is -0.368 e. The van der Waals surface area contributed by atoms with Gasteiger partial charge in [-0.15, -0.1) is 11.3 Å². The molecule has 4 N–H and O–H groups in total. The fourth-order valence-corrected chi connectivity index (χ4v) is 5.23. The SMILES string of the molecule is NC1CCN(c2cc(F)ccc2Nc2cc(F)c(S(=O)(=O)Nc3cscn3)cc2Cl)C1. The van der Waals surface area contributed by atoms with Gasteiger partial charge in [-0.3, -0.25) is 4.72 Å². The predicted molar refractivity (Wildman–Crippen MR) is 119 cm³/mol. The zero-order valence-electron chi connectivity index (χ0n) is 16.0. The first-order valence-electron chi connectivity index (χ1n) is 9.20. The van der Waals surface area contributed by atoms with Crippen LogP contribution in [0, 0.1) is 11.6 Å². The van der Waals surface area contributed by atoms with Gasteiger partial charge in [-0.25, -0.2) is 22.2 Å². The van der Waals surface area contributed by atoms with Crippen LogP contribution in [0.4, 0.5) is 31.7 Å². The van der Waals surface area contributed by atoms with E-state index in [0.29, 0.717) is 24.5 Å². The molecule has 0 saturated carbocycles. The minimum absolute atomic E-state index is 0.0200. The Bertz CT molecular complexity index is 1210. The molecule has 3 aromatic rings. The molecule has 1 atom stereocenters. The van der Waals surface area contributed by atoms with Crippen molar-refractivity contribution in [2.75, 3.05) is 28.0 Å². The van der Waals surface area contributed by atoms with E-state index in [4.69, 9.17) is 17.3 Å². The standard InChI is InChI=1S/C19H18ClF2N5O2S2/c20-13-6-18(31(28,29)26-19-9-30-10-24-19)14(22)7-16(13)25-15-2-1-11(21)5-17(15)27-4-3-12(23)8-27/h1-2,5-7,9-10,12,25-26H,3-4,8,23H2. The number of aromatic nitrogens is 1. The van der Waals surface area contributed by atoms with Crippen molar-refractivity contribution in [2.45, 2.75) is 17.4 Å². The number of hydrogen-bond acceptors (Lipinski definition) is 7. The number of benzene rings is 2. The second-order valence-corrected chi connectivity index (χ2v) is 9.80. The fourth-order valence-electron chi connectivity index (χ4n) is 3.31. The van der Waals surface area contributed by atoms with Gasteiger partial charge in [-0.2, -0.15) is 0 Å². The molecule has 12 heteroatoms. The average molecular weight is 486 g/mol. The van der Waals surface area contributed by atoms with E-state index in [1.807, 2.05) is 4.90 Å².